The zero-order valence-electron chi connectivity index (χ0n) is 12.2. The molecule has 1 saturated heterocycles. The van der Waals surface area contributed by atoms with E-state index in [-0.39, 0.29) is 0 Å². The van der Waals surface area contributed by atoms with E-state index in [9.17, 15) is 5.11 Å². The van der Waals surface area contributed by atoms with Crippen molar-refractivity contribution in [1.29, 1.82) is 0 Å². The molecule has 1 heterocycles. The van der Waals surface area contributed by atoms with Gasteiger partial charge in [0.2, 0.25) is 0 Å². The van der Waals surface area contributed by atoms with Crippen molar-refractivity contribution in [1.82, 2.24) is 10.2 Å². The van der Waals surface area contributed by atoms with Crippen LogP contribution in [-0.2, 0) is 0 Å². The lowest BCUT2D eigenvalue weighted by Crippen LogP contribution is -2.55. The van der Waals surface area contributed by atoms with Crippen molar-refractivity contribution in [2.75, 3.05) is 19.7 Å². The third-order valence-corrected chi connectivity index (χ3v) is 5.52. The minimum atomic E-state index is 0.360. The summed E-state index contributed by atoms with van der Waals surface area (Å²) in [7, 11) is 0. The first-order chi connectivity index (χ1) is 9.35. The first-order valence-electron chi connectivity index (χ1n) is 8.46. The molecule has 2 aliphatic carbocycles. The molecule has 2 N–H and O–H groups in total. The van der Waals surface area contributed by atoms with Crippen molar-refractivity contribution >= 4 is 0 Å². The minimum absolute atomic E-state index is 0.360. The lowest BCUT2D eigenvalue weighted by Gasteiger charge is -2.46. The SMILES string of the molecule is OCCC1CC(NC2CCCC2)CN(C2CCC2)C1. The van der Waals surface area contributed by atoms with Crippen molar-refractivity contribution in [3.05, 3.63) is 0 Å². The highest BCUT2D eigenvalue weighted by molar-refractivity contribution is 4.91. The predicted molar refractivity (Wildman–Crippen MR) is 78.2 cm³/mol. The van der Waals surface area contributed by atoms with Crippen LogP contribution < -0.4 is 5.32 Å². The summed E-state index contributed by atoms with van der Waals surface area (Å²) in [6, 6.07) is 2.31. The summed E-state index contributed by atoms with van der Waals surface area (Å²) in [5, 5.41) is 13.2. The number of piperidine rings is 1. The van der Waals surface area contributed by atoms with Gasteiger partial charge in [-0.2, -0.15) is 0 Å². The number of aliphatic hydroxyl groups is 1. The predicted octanol–water partition coefficient (Wildman–Crippen LogP) is 2.14. The monoisotopic (exact) mass is 266 g/mol. The number of likely N-dealkylation sites (tertiary alicyclic amines) is 1. The molecule has 0 aromatic heterocycles. The van der Waals surface area contributed by atoms with Crippen LogP contribution in [0.3, 0.4) is 0 Å². The molecule has 19 heavy (non-hydrogen) atoms. The highest BCUT2D eigenvalue weighted by Gasteiger charge is 2.34. The molecule has 3 fully saturated rings. The molecule has 0 amide bonds. The molecular formula is C16H30N2O. The molecule has 2 atom stereocenters. The quantitative estimate of drug-likeness (QED) is 0.800. The lowest BCUT2D eigenvalue weighted by atomic mass is 9.85. The van der Waals surface area contributed by atoms with Gasteiger partial charge in [0, 0.05) is 37.8 Å². The second-order valence-corrected chi connectivity index (χ2v) is 7.00. The number of rotatable bonds is 5. The highest BCUT2D eigenvalue weighted by Crippen LogP contribution is 2.31. The summed E-state index contributed by atoms with van der Waals surface area (Å²) in [6.45, 7) is 2.84. The van der Waals surface area contributed by atoms with Gasteiger partial charge in [-0.3, -0.25) is 4.90 Å². The van der Waals surface area contributed by atoms with Gasteiger partial charge in [0.05, 0.1) is 0 Å². The smallest absolute Gasteiger partial charge is 0.0434 e. The molecule has 0 aromatic rings. The Bertz CT molecular complexity index is 274. The number of aliphatic hydroxyl groups excluding tert-OH is 1. The van der Waals surface area contributed by atoms with Gasteiger partial charge in [-0.1, -0.05) is 19.3 Å². The molecule has 2 saturated carbocycles. The average molecular weight is 266 g/mol. The maximum atomic E-state index is 9.25. The maximum absolute atomic E-state index is 9.25. The summed E-state index contributed by atoms with van der Waals surface area (Å²) in [5.41, 5.74) is 0. The number of nitrogens with one attached hydrogen (secondary N) is 1. The molecule has 3 nitrogen and oxygen atoms in total. The van der Waals surface area contributed by atoms with E-state index in [0.29, 0.717) is 18.6 Å². The van der Waals surface area contributed by atoms with Gasteiger partial charge in [-0.15, -0.1) is 0 Å². The van der Waals surface area contributed by atoms with Crippen molar-refractivity contribution in [2.45, 2.75) is 75.9 Å². The second kappa shape index (κ2) is 6.55. The van der Waals surface area contributed by atoms with Crippen LogP contribution in [0.1, 0.15) is 57.8 Å². The van der Waals surface area contributed by atoms with Crippen LogP contribution >= 0.6 is 0 Å². The molecule has 0 bridgehead atoms. The summed E-state index contributed by atoms with van der Waals surface area (Å²) < 4.78 is 0. The molecular weight excluding hydrogens is 236 g/mol. The molecule has 110 valence electrons. The fourth-order valence-corrected chi connectivity index (χ4v) is 4.23. The molecule has 0 spiro atoms. The second-order valence-electron chi connectivity index (χ2n) is 7.00. The summed E-state index contributed by atoms with van der Waals surface area (Å²) in [6.07, 6.45) is 12.1. The summed E-state index contributed by atoms with van der Waals surface area (Å²) >= 11 is 0. The molecule has 0 radical (unpaired) electrons. The normalized spacial score (nSPS) is 34.6. The van der Waals surface area contributed by atoms with Gasteiger partial charge in [0.15, 0.2) is 0 Å². The van der Waals surface area contributed by atoms with Crippen LogP contribution in [0.15, 0.2) is 0 Å². The third-order valence-electron chi connectivity index (χ3n) is 5.52. The van der Waals surface area contributed by atoms with Crippen LogP contribution in [0.5, 0.6) is 0 Å². The Hall–Kier alpha value is -0.120. The Labute approximate surface area is 117 Å². The van der Waals surface area contributed by atoms with E-state index in [1.807, 2.05) is 0 Å². The van der Waals surface area contributed by atoms with Crippen molar-refractivity contribution in [3.8, 4) is 0 Å². The van der Waals surface area contributed by atoms with Gasteiger partial charge < -0.3 is 10.4 Å². The van der Waals surface area contributed by atoms with Crippen molar-refractivity contribution < 1.29 is 5.11 Å². The maximum Gasteiger partial charge on any atom is 0.0434 e. The Balaban J connectivity index is 1.54. The molecule has 3 heteroatoms. The molecule has 0 aromatic carbocycles. The summed E-state index contributed by atoms with van der Waals surface area (Å²) in [5.74, 6) is 0.707. The Morgan fingerprint density at radius 2 is 1.74 bits per heavy atom. The van der Waals surface area contributed by atoms with Crippen LogP contribution in [0.25, 0.3) is 0 Å². The molecule has 3 aliphatic rings. The van der Waals surface area contributed by atoms with Crippen LogP contribution in [0.2, 0.25) is 0 Å². The third kappa shape index (κ3) is 3.50. The van der Waals surface area contributed by atoms with Gasteiger partial charge in [-0.05, 0) is 44.4 Å². The Morgan fingerprint density at radius 3 is 2.37 bits per heavy atom. The van der Waals surface area contributed by atoms with Crippen molar-refractivity contribution in [3.63, 3.8) is 0 Å². The van der Waals surface area contributed by atoms with E-state index in [0.717, 1.165) is 18.5 Å². The summed E-state index contributed by atoms with van der Waals surface area (Å²) in [4.78, 5) is 2.72. The first-order valence-corrected chi connectivity index (χ1v) is 8.46. The topological polar surface area (TPSA) is 35.5 Å². The lowest BCUT2D eigenvalue weighted by molar-refractivity contribution is 0.0483. The van der Waals surface area contributed by atoms with Crippen LogP contribution in [0.4, 0.5) is 0 Å². The number of hydrogen-bond donors (Lipinski definition) is 2. The van der Waals surface area contributed by atoms with E-state index in [2.05, 4.69) is 10.2 Å². The van der Waals surface area contributed by atoms with E-state index in [4.69, 9.17) is 0 Å². The van der Waals surface area contributed by atoms with E-state index in [1.165, 1.54) is 64.5 Å². The van der Waals surface area contributed by atoms with Crippen molar-refractivity contribution in [2.24, 2.45) is 5.92 Å². The fourth-order valence-electron chi connectivity index (χ4n) is 4.23. The van der Waals surface area contributed by atoms with E-state index >= 15 is 0 Å². The largest absolute Gasteiger partial charge is 0.396 e. The van der Waals surface area contributed by atoms with Gasteiger partial charge in [0.25, 0.3) is 0 Å². The average Bonchev–Trinajstić information content (AvgIpc) is 2.79. The molecule has 2 unspecified atom stereocenters. The highest BCUT2D eigenvalue weighted by atomic mass is 16.3. The molecule has 3 rings (SSSR count). The van der Waals surface area contributed by atoms with E-state index in [1.54, 1.807) is 0 Å². The number of nitrogens with zero attached hydrogens (tertiary/aromatic N) is 1. The standard InChI is InChI=1S/C16H30N2O/c19-9-8-13-10-15(17-14-4-1-2-5-14)12-18(11-13)16-6-3-7-16/h13-17,19H,1-12H2. The molecule has 1 aliphatic heterocycles. The van der Waals surface area contributed by atoms with Gasteiger partial charge >= 0.3 is 0 Å². The Kier molecular flexibility index (Phi) is 4.78. The minimum Gasteiger partial charge on any atom is -0.396 e. The van der Waals surface area contributed by atoms with Gasteiger partial charge in [0.1, 0.15) is 0 Å². The fraction of sp³-hybridized carbons (Fsp3) is 1.00. The van der Waals surface area contributed by atoms with Crippen LogP contribution in [-0.4, -0.2) is 47.8 Å². The zero-order valence-corrected chi connectivity index (χ0v) is 12.2. The van der Waals surface area contributed by atoms with E-state index < -0.39 is 0 Å². The van der Waals surface area contributed by atoms with Crippen LogP contribution in [0, 0.1) is 5.92 Å². The number of hydrogen-bond acceptors (Lipinski definition) is 3. The Morgan fingerprint density at radius 1 is 0.947 bits per heavy atom. The first kappa shape index (κ1) is 13.8. The van der Waals surface area contributed by atoms with Gasteiger partial charge in [-0.25, -0.2) is 0 Å². The zero-order chi connectivity index (χ0) is 13.1.